The summed E-state index contributed by atoms with van der Waals surface area (Å²) in [5.74, 6) is 1.28. The molecular weight excluding hydrogens is 629 g/mol. The van der Waals surface area contributed by atoms with Crippen LogP contribution in [0.1, 0.15) is 11.1 Å². The molecule has 0 atom stereocenters. The van der Waals surface area contributed by atoms with Gasteiger partial charge in [-0.15, -0.1) is 0 Å². The van der Waals surface area contributed by atoms with Gasteiger partial charge < -0.3 is 19.7 Å². The number of methoxy groups -OCH3 is 2. The predicted molar refractivity (Wildman–Crippen MR) is 180 cm³/mol. The van der Waals surface area contributed by atoms with Crippen LogP contribution < -0.4 is 20.3 Å². The van der Waals surface area contributed by atoms with Gasteiger partial charge in [-0.2, -0.15) is 4.98 Å². The number of hydrogen-bond acceptors (Lipinski definition) is 10. The molecule has 0 saturated carbocycles. The zero-order valence-corrected chi connectivity index (χ0v) is 27.1. The van der Waals surface area contributed by atoms with Crippen molar-refractivity contribution in [3.05, 3.63) is 105 Å². The zero-order valence-electron chi connectivity index (χ0n) is 25.6. The second kappa shape index (κ2) is 14.5. The van der Waals surface area contributed by atoms with Gasteiger partial charge in [0.05, 0.1) is 36.4 Å². The molecule has 0 fully saturated rings. The Morgan fingerprint density at radius 2 is 1.76 bits per heavy atom. The highest BCUT2D eigenvalue weighted by Crippen LogP contribution is 2.45. The highest BCUT2D eigenvalue weighted by atomic mass is 35.5. The third-order valence-corrected chi connectivity index (χ3v) is 7.73. The summed E-state index contributed by atoms with van der Waals surface area (Å²) in [6.45, 7) is 0.795. The first-order valence-electron chi connectivity index (χ1n) is 14.1. The molecule has 1 N–H and O–H groups in total. The molecule has 0 aliphatic carbocycles. The van der Waals surface area contributed by atoms with Crippen LogP contribution in [0, 0.1) is 0 Å². The van der Waals surface area contributed by atoms with Gasteiger partial charge in [0, 0.05) is 42.4 Å². The molecule has 236 valence electrons. The monoisotopic (exact) mass is 659 g/mol. The van der Waals surface area contributed by atoms with Gasteiger partial charge in [0.2, 0.25) is 5.95 Å². The molecule has 0 amide bonds. The lowest BCUT2D eigenvalue weighted by Gasteiger charge is -2.17. The Hall–Kier alpha value is -4.84. The van der Waals surface area contributed by atoms with Crippen LogP contribution in [-0.2, 0) is 17.8 Å². The van der Waals surface area contributed by atoms with Gasteiger partial charge in [0.1, 0.15) is 29.3 Å². The van der Waals surface area contributed by atoms with Gasteiger partial charge in [0.15, 0.2) is 5.78 Å². The van der Waals surface area contributed by atoms with Crippen LogP contribution in [-0.4, -0.2) is 70.0 Å². The molecule has 0 radical (unpaired) electrons. The van der Waals surface area contributed by atoms with Crippen molar-refractivity contribution in [2.45, 2.75) is 13.0 Å². The number of carbonyl (C=O) groups excluding carboxylic acids is 1. The lowest BCUT2D eigenvalue weighted by Crippen LogP contribution is -2.24. The number of hydrogen-bond donors (Lipinski definition) is 1. The van der Waals surface area contributed by atoms with Crippen LogP contribution in [0.4, 0.5) is 11.8 Å². The third-order valence-electron chi connectivity index (χ3n) is 6.98. The topological polar surface area (TPSA) is 124 Å². The molecule has 5 rings (SSSR count). The van der Waals surface area contributed by atoms with E-state index in [1.165, 1.54) is 25.1 Å². The maximum atomic E-state index is 14.4. The van der Waals surface area contributed by atoms with Crippen LogP contribution in [0.15, 0.2) is 78.1 Å². The molecule has 0 saturated heterocycles. The van der Waals surface area contributed by atoms with E-state index >= 15 is 0 Å². The fraction of sp³-hybridized carbons (Fsp3) is 0.212. The Morgan fingerprint density at radius 3 is 2.43 bits per heavy atom. The molecule has 3 aromatic heterocycles. The first-order chi connectivity index (χ1) is 22.2. The van der Waals surface area contributed by atoms with Gasteiger partial charge in [-0.05, 0) is 43.4 Å². The molecule has 2 aromatic carbocycles. The van der Waals surface area contributed by atoms with Crippen molar-refractivity contribution in [1.82, 2.24) is 29.4 Å². The van der Waals surface area contributed by atoms with E-state index in [9.17, 15) is 9.59 Å². The Morgan fingerprint density at radius 1 is 1.02 bits per heavy atom. The quantitative estimate of drug-likeness (QED) is 0.169. The van der Waals surface area contributed by atoms with E-state index in [0.29, 0.717) is 34.9 Å². The van der Waals surface area contributed by atoms with Gasteiger partial charge >= 0.3 is 0 Å². The molecule has 46 heavy (non-hydrogen) atoms. The van der Waals surface area contributed by atoms with Crippen molar-refractivity contribution in [3.8, 4) is 22.6 Å². The lowest BCUT2D eigenvalue weighted by atomic mass is 10.0. The highest BCUT2D eigenvalue weighted by molar-refractivity contribution is 6.41. The number of likely N-dealkylation sites (N-methyl/N-ethyl adjacent to an activating group) is 1. The normalized spacial score (nSPS) is 11.4. The van der Waals surface area contributed by atoms with E-state index in [-0.39, 0.29) is 45.9 Å². The molecular formula is C33H31Cl2N7O4. The summed E-state index contributed by atoms with van der Waals surface area (Å²) in [6, 6.07) is 12.4. The number of pyridine rings is 1. The van der Waals surface area contributed by atoms with Crippen LogP contribution in [0.25, 0.3) is 22.2 Å². The van der Waals surface area contributed by atoms with Gasteiger partial charge in [-0.3, -0.25) is 14.2 Å². The number of halogens is 2. The van der Waals surface area contributed by atoms with Crippen molar-refractivity contribution in [2.75, 3.05) is 40.2 Å². The Balaban J connectivity index is 1.63. The summed E-state index contributed by atoms with van der Waals surface area (Å²) in [5.41, 5.74) is 2.01. The fourth-order valence-corrected chi connectivity index (χ4v) is 5.53. The summed E-state index contributed by atoms with van der Waals surface area (Å²) >= 11 is 13.5. The minimum Gasteiger partial charge on any atom is -0.495 e. The molecule has 13 heteroatoms. The number of allylic oxidation sites excluding steroid dienone is 1. The molecule has 0 spiro atoms. The number of ether oxygens (including phenoxy) is 2. The lowest BCUT2D eigenvalue weighted by molar-refractivity contribution is -0.114. The maximum absolute atomic E-state index is 14.4. The first kappa shape index (κ1) is 32.6. The van der Waals surface area contributed by atoms with Crippen LogP contribution in [0.5, 0.6) is 11.5 Å². The second-order valence-electron chi connectivity index (χ2n) is 10.6. The first-order valence-corrected chi connectivity index (χ1v) is 14.9. The molecule has 0 bridgehead atoms. The third kappa shape index (κ3) is 7.34. The highest BCUT2D eigenvalue weighted by Gasteiger charge is 2.23. The van der Waals surface area contributed by atoms with E-state index in [4.69, 9.17) is 37.7 Å². The van der Waals surface area contributed by atoms with Gasteiger partial charge in [-0.25, -0.2) is 15.0 Å². The van der Waals surface area contributed by atoms with E-state index in [2.05, 4.69) is 20.3 Å². The smallest absolute Gasteiger partial charge is 0.260 e. The minimum atomic E-state index is -0.411. The number of anilines is 2. The molecule has 0 unspecified atom stereocenters. The van der Waals surface area contributed by atoms with E-state index in [1.54, 1.807) is 36.7 Å². The van der Waals surface area contributed by atoms with Crippen molar-refractivity contribution in [1.29, 1.82) is 0 Å². The summed E-state index contributed by atoms with van der Waals surface area (Å²) in [5, 5.41) is 3.90. The standard InChI is InChI=1S/C33H31Cl2N7O4/c1-41(2)12-6-9-23(43)14-20-7-5-8-21(13-20)18-42-31-22(17-37-33(40-31)39-27-10-11-36-19-38-27)15-24(32(42)44)28-29(34)25(45-3)16-26(46-4)30(28)35/h5-11,13,15-17,19H,12,14,18H2,1-4H3,(H,36,37,38,39,40)/b9-6+. The van der Waals surface area contributed by atoms with E-state index < -0.39 is 5.56 Å². The van der Waals surface area contributed by atoms with Crippen molar-refractivity contribution >= 4 is 51.8 Å². The number of aromatic nitrogens is 5. The number of nitrogens with zero attached hydrogens (tertiary/aromatic N) is 6. The summed E-state index contributed by atoms with van der Waals surface area (Å²) in [6.07, 6.45) is 8.23. The largest absolute Gasteiger partial charge is 0.495 e. The Kier molecular flexibility index (Phi) is 10.3. The summed E-state index contributed by atoms with van der Waals surface area (Å²) < 4.78 is 12.4. The van der Waals surface area contributed by atoms with Crippen LogP contribution in [0.2, 0.25) is 10.0 Å². The number of rotatable bonds is 12. The summed E-state index contributed by atoms with van der Waals surface area (Å²) in [7, 11) is 6.80. The van der Waals surface area contributed by atoms with Crippen molar-refractivity contribution in [2.24, 2.45) is 0 Å². The Bertz CT molecular complexity index is 1950. The van der Waals surface area contributed by atoms with E-state index in [0.717, 1.165) is 11.1 Å². The van der Waals surface area contributed by atoms with Gasteiger partial charge in [-0.1, -0.05) is 53.5 Å². The van der Waals surface area contributed by atoms with Gasteiger partial charge in [0.25, 0.3) is 5.56 Å². The number of nitrogens with one attached hydrogen (secondary N) is 1. The SMILES string of the molecule is COc1cc(OC)c(Cl)c(-c2cc3cnc(Nc4ccncn4)nc3n(Cc3cccc(CC(=O)/C=C/CN(C)C)c3)c2=O)c1Cl. The molecule has 0 aliphatic rings. The number of fused-ring (bicyclic) bond motifs is 1. The maximum Gasteiger partial charge on any atom is 0.260 e. The predicted octanol–water partition coefficient (Wildman–Crippen LogP) is 5.59. The molecule has 5 aromatic rings. The fourth-order valence-electron chi connectivity index (χ4n) is 4.82. The number of carbonyl (C=O) groups is 1. The van der Waals surface area contributed by atoms with Crippen LogP contribution >= 0.6 is 23.2 Å². The van der Waals surface area contributed by atoms with Crippen LogP contribution in [0.3, 0.4) is 0 Å². The second-order valence-corrected chi connectivity index (χ2v) is 11.3. The molecule has 0 aliphatic heterocycles. The minimum absolute atomic E-state index is 0.0203. The molecule has 11 nitrogen and oxygen atoms in total. The number of benzene rings is 2. The Labute approximate surface area is 275 Å². The zero-order chi connectivity index (χ0) is 32.8. The average Bonchev–Trinajstić information content (AvgIpc) is 3.04. The average molecular weight is 661 g/mol. The van der Waals surface area contributed by atoms with Crippen molar-refractivity contribution < 1.29 is 14.3 Å². The number of ketones is 1. The molecule has 3 heterocycles. The van der Waals surface area contributed by atoms with E-state index in [1.807, 2.05) is 49.3 Å². The van der Waals surface area contributed by atoms with Crippen molar-refractivity contribution in [3.63, 3.8) is 0 Å². The summed E-state index contributed by atoms with van der Waals surface area (Å²) in [4.78, 5) is 46.2.